The van der Waals surface area contributed by atoms with E-state index in [2.05, 4.69) is 34.9 Å². The molecule has 320 valence electrons. The Labute approximate surface area is 356 Å². The van der Waals surface area contributed by atoms with Crippen LogP contribution in [0.2, 0.25) is 10.0 Å². The molecule has 0 fully saturated rings. The maximum atomic E-state index is 14.4. The second-order valence-corrected chi connectivity index (χ2v) is 15.5. The second-order valence-electron chi connectivity index (χ2n) is 14.7. The van der Waals surface area contributed by atoms with Crippen LogP contribution in [0.5, 0.6) is 17.2 Å². The van der Waals surface area contributed by atoms with Crippen LogP contribution in [0.3, 0.4) is 0 Å². The summed E-state index contributed by atoms with van der Waals surface area (Å²) in [6.45, 7) is 6.68. The van der Waals surface area contributed by atoms with Crippen molar-refractivity contribution >= 4 is 52.0 Å². The summed E-state index contributed by atoms with van der Waals surface area (Å²) in [5.74, 6) is -2.55. The summed E-state index contributed by atoms with van der Waals surface area (Å²) in [5, 5.41) is 4.58. The van der Waals surface area contributed by atoms with E-state index in [-0.39, 0.29) is 61.3 Å². The number of benzene rings is 4. The van der Waals surface area contributed by atoms with Crippen LogP contribution in [0, 0.1) is 17.5 Å². The van der Waals surface area contributed by atoms with Gasteiger partial charge in [-0.05, 0) is 60.4 Å². The maximum absolute atomic E-state index is 14.4. The van der Waals surface area contributed by atoms with Gasteiger partial charge in [0.1, 0.15) is 49.6 Å². The Morgan fingerprint density at radius 2 is 1.20 bits per heavy atom. The normalized spacial score (nSPS) is 19.9. The molecule has 0 spiro atoms. The Morgan fingerprint density at radius 3 is 1.83 bits per heavy atom. The summed E-state index contributed by atoms with van der Waals surface area (Å²) < 4.78 is 78.1. The van der Waals surface area contributed by atoms with Crippen molar-refractivity contribution in [2.75, 3.05) is 19.8 Å². The lowest BCUT2D eigenvalue weighted by atomic mass is 10.1. The van der Waals surface area contributed by atoms with Gasteiger partial charge in [0.25, 0.3) is 0 Å². The highest BCUT2D eigenvalue weighted by Crippen LogP contribution is 2.31. The van der Waals surface area contributed by atoms with E-state index in [0.29, 0.717) is 66.6 Å². The number of fused-ring (bicyclic) bond motifs is 1. The molecule has 4 aromatic rings. The Balaban J connectivity index is 1.04. The first-order chi connectivity index (χ1) is 29.0. The topological polar surface area (TPSA) is 120 Å². The second kappa shape index (κ2) is 19.9. The van der Waals surface area contributed by atoms with E-state index < -0.39 is 29.6 Å². The molecule has 12 nitrogen and oxygen atoms in total. The van der Waals surface area contributed by atoms with Crippen molar-refractivity contribution < 1.29 is 41.6 Å². The highest BCUT2D eigenvalue weighted by Gasteiger charge is 2.33. The summed E-state index contributed by atoms with van der Waals surface area (Å²) in [4.78, 5) is 14.3. The van der Waals surface area contributed by atoms with E-state index in [0.717, 1.165) is 22.9 Å². The number of nitrogens with one attached hydrogen (secondary N) is 2. The maximum Gasteiger partial charge on any atom is 0.327 e. The van der Waals surface area contributed by atoms with Crippen molar-refractivity contribution in [3.05, 3.63) is 100 Å². The predicted octanol–water partition coefficient (Wildman–Crippen LogP) is 9.18. The van der Waals surface area contributed by atoms with E-state index >= 15 is 0 Å². The van der Waals surface area contributed by atoms with Crippen LogP contribution in [-0.4, -0.2) is 79.4 Å². The van der Waals surface area contributed by atoms with Gasteiger partial charge in [0.05, 0.1) is 23.1 Å². The number of hydrogen-bond donors (Lipinski definition) is 2. The predicted molar refractivity (Wildman–Crippen MR) is 224 cm³/mol. The van der Waals surface area contributed by atoms with Gasteiger partial charge in [-0.3, -0.25) is 0 Å². The van der Waals surface area contributed by atoms with Gasteiger partial charge in [-0.25, -0.2) is 39.0 Å². The lowest BCUT2D eigenvalue weighted by Gasteiger charge is -2.24. The van der Waals surface area contributed by atoms with Gasteiger partial charge in [0.2, 0.25) is 0 Å². The minimum atomic E-state index is -1.29. The van der Waals surface area contributed by atoms with Crippen LogP contribution < -0.4 is 25.1 Å². The minimum Gasteiger partial charge on any atom is -0.490 e. The van der Waals surface area contributed by atoms with E-state index in [9.17, 15) is 13.2 Å². The van der Waals surface area contributed by atoms with Crippen LogP contribution in [0.1, 0.15) is 59.3 Å². The molecule has 0 saturated carbocycles. The zero-order valence-electron chi connectivity index (χ0n) is 33.4. The first kappa shape index (κ1) is 42.8. The number of rotatable bonds is 15. The highest BCUT2D eigenvalue weighted by molar-refractivity contribution is 6.35. The molecule has 17 heteroatoms. The number of ether oxygens (including phenoxy) is 6. The molecule has 0 aromatic heterocycles. The molecule has 2 N–H and O–H groups in total. The largest absolute Gasteiger partial charge is 0.490 e. The zero-order chi connectivity index (χ0) is 42.2. The molecule has 7 rings (SSSR count). The fourth-order valence-corrected chi connectivity index (χ4v) is 7.37. The van der Waals surface area contributed by atoms with Crippen LogP contribution in [0.4, 0.5) is 13.2 Å². The molecule has 3 aliphatic heterocycles. The summed E-state index contributed by atoms with van der Waals surface area (Å²) in [6.07, 6.45) is 2.46. The molecule has 3 heterocycles. The van der Waals surface area contributed by atoms with Gasteiger partial charge in [-0.1, -0.05) is 74.3 Å². The van der Waals surface area contributed by atoms with Gasteiger partial charge in [0, 0.05) is 36.4 Å². The van der Waals surface area contributed by atoms with Crippen molar-refractivity contribution in [3.8, 4) is 17.2 Å². The molecule has 0 radical (unpaired) electrons. The molecule has 60 heavy (non-hydrogen) atoms. The molecule has 0 aliphatic carbocycles. The first-order valence-corrected chi connectivity index (χ1v) is 20.8. The summed E-state index contributed by atoms with van der Waals surface area (Å²) in [6, 6.07) is 20.1. The summed E-state index contributed by atoms with van der Waals surface area (Å²) in [5.41, 5.74) is 6.22. The third kappa shape index (κ3) is 11.1. The fourth-order valence-electron chi connectivity index (χ4n) is 6.92. The fraction of sp³-hybridized carbons (Fsp3) is 0.419. The highest BCUT2D eigenvalue weighted by atomic mass is 35.5. The van der Waals surface area contributed by atoms with Crippen molar-refractivity contribution in [1.82, 2.24) is 16.0 Å². The van der Waals surface area contributed by atoms with Crippen LogP contribution in [0.25, 0.3) is 10.8 Å². The van der Waals surface area contributed by atoms with Crippen LogP contribution >= 0.6 is 23.2 Å². The molecule has 3 aliphatic rings. The standard InChI is InChI=1S/C43H47Cl2F3N6O6/c1-4-31(58-34-13-11-25-9-7-8-10-26(25)15-34)19-30-24-57-43(51-30)54(52-41-49-28(22-55-41)17-32(5-2)59-39-14-12-27(44)16-35(39)45)53-42-50-29(23-56-42)18-33(6-3)60-40-21-37(47)36(46)20-38(40)48/h7-16,20-21,28-33H,4-6,17-19,22-24H2,1-3H3,(H,49,52)(H,50,53)/t28-,29?,30?,31+,32+,33+/m0/s1. The molecule has 0 saturated heterocycles. The monoisotopic (exact) mass is 870 g/mol. The lowest BCUT2D eigenvalue weighted by molar-refractivity contribution is 0.152. The molecule has 6 atom stereocenters. The van der Waals surface area contributed by atoms with E-state index in [1.165, 1.54) is 5.12 Å². The van der Waals surface area contributed by atoms with Gasteiger partial charge >= 0.3 is 18.1 Å². The summed E-state index contributed by atoms with van der Waals surface area (Å²) >= 11 is 12.4. The van der Waals surface area contributed by atoms with Crippen LogP contribution in [0.15, 0.2) is 87.8 Å². The molecule has 2 unspecified atom stereocenters. The number of halogens is 5. The van der Waals surface area contributed by atoms with Gasteiger partial charge in [-0.15, -0.1) is 5.12 Å². The van der Waals surface area contributed by atoms with Gasteiger partial charge in [-0.2, -0.15) is 0 Å². The number of hydrazine groups is 2. The lowest BCUT2D eigenvalue weighted by Crippen LogP contribution is -2.56. The van der Waals surface area contributed by atoms with Crippen molar-refractivity contribution in [2.45, 2.75) is 95.7 Å². The number of aliphatic imine (C=N–C) groups is 3. The smallest absolute Gasteiger partial charge is 0.327 e. The Hall–Kier alpha value is -5.28. The molecule has 0 amide bonds. The van der Waals surface area contributed by atoms with Crippen molar-refractivity contribution in [1.29, 1.82) is 0 Å². The third-order valence-electron chi connectivity index (χ3n) is 10.2. The van der Waals surface area contributed by atoms with Gasteiger partial charge in [0.15, 0.2) is 23.2 Å². The average molecular weight is 872 g/mol. The molecular formula is C43H47Cl2F3N6O6. The Kier molecular flexibility index (Phi) is 14.2. The van der Waals surface area contributed by atoms with E-state index in [4.69, 9.17) is 61.6 Å². The first-order valence-electron chi connectivity index (χ1n) is 20.1. The quantitative estimate of drug-likeness (QED) is 0.0891. The molecular weight excluding hydrogens is 824 g/mol. The SMILES string of the molecule is CC[C@H](CC1COC(N(NC2=NC(C[C@@H](CC)Oc3cc(F)c(F)cc3F)CO2)NC2=N[C@@H](C[C@@H](CC)Oc3ccc(Cl)cc3Cl)CO2)=N1)Oc1ccc2ccccc2c1. The van der Waals surface area contributed by atoms with E-state index in [1.54, 1.807) is 18.2 Å². The zero-order valence-corrected chi connectivity index (χ0v) is 34.9. The van der Waals surface area contributed by atoms with Gasteiger partial charge < -0.3 is 28.4 Å². The minimum absolute atomic E-state index is 0.131. The number of hydrogen-bond acceptors (Lipinski definition) is 12. The van der Waals surface area contributed by atoms with Crippen LogP contribution in [-0.2, 0) is 14.2 Å². The number of amidine groups is 3. The Morgan fingerprint density at radius 1 is 0.633 bits per heavy atom. The van der Waals surface area contributed by atoms with Crippen molar-refractivity contribution in [2.24, 2.45) is 15.0 Å². The average Bonchev–Trinajstić information content (AvgIpc) is 4.01. The summed E-state index contributed by atoms with van der Waals surface area (Å²) in [7, 11) is 0. The van der Waals surface area contributed by atoms with E-state index in [1.807, 2.05) is 44.2 Å². The third-order valence-corrected chi connectivity index (χ3v) is 10.7. The number of nitrogens with zero attached hydrogens (tertiary/aromatic N) is 4. The Bertz CT molecular complexity index is 2220. The molecule has 4 aromatic carbocycles. The molecule has 0 bridgehead atoms. The van der Waals surface area contributed by atoms with Crippen molar-refractivity contribution in [3.63, 3.8) is 0 Å².